The van der Waals surface area contributed by atoms with Crippen molar-refractivity contribution in [1.82, 2.24) is 20.2 Å². The predicted molar refractivity (Wildman–Crippen MR) is 108 cm³/mol. The summed E-state index contributed by atoms with van der Waals surface area (Å²) in [6.45, 7) is 3.71. The number of imidazole rings is 1. The molecule has 28 heavy (non-hydrogen) atoms. The Bertz CT molecular complexity index is 924. The van der Waals surface area contributed by atoms with E-state index in [0.717, 1.165) is 23.4 Å². The van der Waals surface area contributed by atoms with Gasteiger partial charge in [-0.25, -0.2) is 14.4 Å². The lowest BCUT2D eigenvalue weighted by Crippen LogP contribution is -2.36. The molecule has 1 heterocycles. The highest BCUT2D eigenvalue weighted by molar-refractivity contribution is 5.79. The first-order chi connectivity index (χ1) is 13.7. The van der Waals surface area contributed by atoms with Gasteiger partial charge in [0.15, 0.2) is 5.96 Å². The minimum Gasteiger partial charge on any atom is -0.497 e. The third kappa shape index (κ3) is 5.09. The number of aliphatic imine (C=N–C) groups is 1. The summed E-state index contributed by atoms with van der Waals surface area (Å²) in [5.74, 6) is 1.18. The number of halogens is 1. The van der Waals surface area contributed by atoms with Crippen LogP contribution in [-0.4, -0.2) is 29.2 Å². The van der Waals surface area contributed by atoms with Crippen molar-refractivity contribution in [2.24, 2.45) is 4.99 Å². The number of methoxy groups -OCH3 is 1. The van der Waals surface area contributed by atoms with E-state index in [-0.39, 0.29) is 5.82 Å². The van der Waals surface area contributed by atoms with E-state index in [1.54, 1.807) is 36.5 Å². The maximum Gasteiger partial charge on any atom is 0.191 e. The molecule has 1 aromatic heterocycles. The van der Waals surface area contributed by atoms with E-state index < -0.39 is 0 Å². The summed E-state index contributed by atoms with van der Waals surface area (Å²) in [6.07, 6.45) is 4.91. The summed E-state index contributed by atoms with van der Waals surface area (Å²) >= 11 is 0. The third-order valence-electron chi connectivity index (χ3n) is 4.15. The number of benzene rings is 2. The van der Waals surface area contributed by atoms with Crippen molar-refractivity contribution in [3.63, 3.8) is 0 Å². The van der Waals surface area contributed by atoms with E-state index in [1.807, 2.05) is 37.3 Å². The van der Waals surface area contributed by atoms with Gasteiger partial charge in [0.1, 0.15) is 11.6 Å². The fourth-order valence-electron chi connectivity index (χ4n) is 2.74. The predicted octanol–water partition coefficient (Wildman–Crippen LogP) is 3.28. The normalized spacial score (nSPS) is 11.3. The molecule has 2 aromatic carbocycles. The van der Waals surface area contributed by atoms with Crippen molar-refractivity contribution in [3.05, 3.63) is 78.1 Å². The lowest BCUT2D eigenvalue weighted by Gasteiger charge is -2.12. The number of guanidine groups is 1. The topological polar surface area (TPSA) is 63.5 Å². The molecule has 0 aliphatic heterocycles. The summed E-state index contributed by atoms with van der Waals surface area (Å²) in [4.78, 5) is 8.54. The summed E-state index contributed by atoms with van der Waals surface area (Å²) < 4.78 is 21.3. The Morgan fingerprint density at radius 2 is 2.07 bits per heavy atom. The number of hydrogen-bond acceptors (Lipinski definition) is 3. The highest BCUT2D eigenvalue weighted by atomic mass is 19.1. The van der Waals surface area contributed by atoms with E-state index in [4.69, 9.17) is 4.74 Å². The molecule has 6 nitrogen and oxygen atoms in total. The molecule has 0 saturated carbocycles. The molecule has 2 N–H and O–H groups in total. The van der Waals surface area contributed by atoms with Gasteiger partial charge in [-0.05, 0) is 42.3 Å². The van der Waals surface area contributed by atoms with Crippen LogP contribution in [0.25, 0.3) is 5.69 Å². The van der Waals surface area contributed by atoms with Crippen LogP contribution in [0.2, 0.25) is 0 Å². The van der Waals surface area contributed by atoms with E-state index in [9.17, 15) is 4.39 Å². The Kier molecular flexibility index (Phi) is 6.62. The number of nitrogens with one attached hydrogen (secondary N) is 2. The second kappa shape index (κ2) is 9.55. The van der Waals surface area contributed by atoms with Gasteiger partial charge in [0.05, 0.1) is 25.7 Å². The second-order valence-electron chi connectivity index (χ2n) is 6.16. The van der Waals surface area contributed by atoms with Crippen LogP contribution < -0.4 is 15.4 Å². The highest BCUT2D eigenvalue weighted by Crippen LogP contribution is 2.15. The lowest BCUT2D eigenvalue weighted by molar-refractivity contribution is 0.414. The molecule has 3 rings (SSSR count). The maximum absolute atomic E-state index is 14.4. The number of aromatic nitrogens is 2. The largest absolute Gasteiger partial charge is 0.497 e. The van der Waals surface area contributed by atoms with Crippen molar-refractivity contribution >= 4 is 5.96 Å². The molecule has 0 spiro atoms. The molecule has 0 amide bonds. The van der Waals surface area contributed by atoms with Crippen molar-refractivity contribution < 1.29 is 9.13 Å². The second-order valence-corrected chi connectivity index (χ2v) is 6.16. The van der Waals surface area contributed by atoms with Gasteiger partial charge >= 0.3 is 0 Å². The molecule has 0 bridgehead atoms. The fourth-order valence-corrected chi connectivity index (χ4v) is 2.74. The SMILES string of the molecule is CCNC(=NCc1cccc(OC)c1)NCc1ccc(-n2ccnc2)c(F)c1. The number of rotatable bonds is 7. The van der Waals surface area contributed by atoms with Gasteiger partial charge in [-0.1, -0.05) is 18.2 Å². The smallest absolute Gasteiger partial charge is 0.191 e. The zero-order chi connectivity index (χ0) is 19.8. The Labute approximate surface area is 164 Å². The van der Waals surface area contributed by atoms with Crippen molar-refractivity contribution in [2.45, 2.75) is 20.0 Å². The first kappa shape index (κ1) is 19.4. The molecule has 3 aromatic rings. The Balaban J connectivity index is 1.65. The van der Waals surface area contributed by atoms with Gasteiger partial charge < -0.3 is 19.9 Å². The molecule has 7 heteroatoms. The highest BCUT2D eigenvalue weighted by Gasteiger charge is 2.06. The zero-order valence-electron chi connectivity index (χ0n) is 16.0. The number of nitrogens with zero attached hydrogens (tertiary/aromatic N) is 3. The average Bonchev–Trinajstić information content (AvgIpc) is 3.25. The van der Waals surface area contributed by atoms with Gasteiger partial charge in [0.25, 0.3) is 0 Å². The van der Waals surface area contributed by atoms with Gasteiger partial charge in [0.2, 0.25) is 0 Å². The fraction of sp³-hybridized carbons (Fsp3) is 0.238. The van der Waals surface area contributed by atoms with Crippen LogP contribution in [0.4, 0.5) is 4.39 Å². The molecule has 146 valence electrons. The Morgan fingerprint density at radius 3 is 2.79 bits per heavy atom. The zero-order valence-corrected chi connectivity index (χ0v) is 16.0. The van der Waals surface area contributed by atoms with E-state index in [1.165, 1.54) is 6.07 Å². The number of ether oxygens (including phenoxy) is 1. The van der Waals surface area contributed by atoms with Gasteiger partial charge in [0, 0.05) is 25.5 Å². The maximum atomic E-state index is 14.4. The first-order valence-corrected chi connectivity index (χ1v) is 9.11. The summed E-state index contributed by atoms with van der Waals surface area (Å²) in [6, 6.07) is 12.9. The first-order valence-electron chi connectivity index (χ1n) is 9.11. The van der Waals surface area contributed by atoms with Crippen LogP contribution in [0, 0.1) is 5.82 Å². The lowest BCUT2D eigenvalue weighted by atomic mass is 10.2. The average molecular weight is 381 g/mol. The van der Waals surface area contributed by atoms with Gasteiger partial charge in [-0.15, -0.1) is 0 Å². The van der Waals surface area contributed by atoms with Crippen LogP contribution >= 0.6 is 0 Å². The molecular weight excluding hydrogens is 357 g/mol. The van der Waals surface area contributed by atoms with Crippen LogP contribution in [0.15, 0.2) is 66.2 Å². The molecule has 0 saturated heterocycles. The summed E-state index contributed by atoms with van der Waals surface area (Å²) in [7, 11) is 1.64. The quantitative estimate of drug-likeness (QED) is 0.487. The molecular formula is C21H24FN5O. The van der Waals surface area contributed by atoms with Gasteiger partial charge in [-0.2, -0.15) is 0 Å². The molecule has 0 unspecified atom stereocenters. The molecule has 0 fully saturated rings. The van der Waals surface area contributed by atoms with Crippen molar-refractivity contribution in [1.29, 1.82) is 0 Å². The monoisotopic (exact) mass is 381 g/mol. The van der Waals surface area contributed by atoms with Crippen molar-refractivity contribution in [2.75, 3.05) is 13.7 Å². The molecule has 0 radical (unpaired) electrons. The van der Waals surface area contributed by atoms with Crippen molar-refractivity contribution in [3.8, 4) is 11.4 Å². The number of hydrogen-bond donors (Lipinski definition) is 2. The summed E-state index contributed by atoms with van der Waals surface area (Å²) in [5, 5.41) is 6.44. The van der Waals surface area contributed by atoms with Crippen LogP contribution in [-0.2, 0) is 13.1 Å². The van der Waals surface area contributed by atoms with E-state index >= 15 is 0 Å². The van der Waals surface area contributed by atoms with Crippen LogP contribution in [0.1, 0.15) is 18.1 Å². The summed E-state index contributed by atoms with van der Waals surface area (Å²) in [5.41, 5.74) is 2.35. The third-order valence-corrected chi connectivity index (χ3v) is 4.15. The van der Waals surface area contributed by atoms with Crippen LogP contribution in [0.5, 0.6) is 5.75 Å². The Hall–Kier alpha value is -3.35. The minimum atomic E-state index is -0.296. The van der Waals surface area contributed by atoms with Gasteiger partial charge in [-0.3, -0.25) is 0 Å². The molecule has 0 aliphatic carbocycles. The molecule has 0 atom stereocenters. The standard InChI is InChI=1S/C21H24FN5O/c1-3-24-21(25-13-16-5-4-6-18(11-16)28-2)26-14-17-7-8-20(19(22)12-17)27-10-9-23-15-27/h4-12,15H,3,13-14H2,1-2H3,(H2,24,25,26). The minimum absolute atomic E-state index is 0.296. The van der Waals surface area contributed by atoms with Crippen LogP contribution in [0.3, 0.4) is 0 Å². The van der Waals surface area contributed by atoms with E-state index in [2.05, 4.69) is 20.6 Å². The Morgan fingerprint density at radius 1 is 1.18 bits per heavy atom. The molecule has 0 aliphatic rings. The van der Waals surface area contributed by atoms with E-state index in [0.29, 0.717) is 24.7 Å².